The molecule has 1 aliphatic rings. The van der Waals surface area contributed by atoms with Gasteiger partial charge in [0.2, 0.25) is 0 Å². The summed E-state index contributed by atoms with van der Waals surface area (Å²) in [6.07, 6.45) is 1.37. The molecule has 178 valence electrons. The van der Waals surface area contributed by atoms with Gasteiger partial charge in [-0.25, -0.2) is 4.79 Å². The maximum absolute atomic E-state index is 10.6. The summed E-state index contributed by atoms with van der Waals surface area (Å²) in [5, 5.41) is 15.8. The molecule has 0 amide bonds. The number of halogens is 3. The van der Waals surface area contributed by atoms with Gasteiger partial charge in [-0.2, -0.15) is 18.3 Å². The van der Waals surface area contributed by atoms with Crippen molar-refractivity contribution in [2.45, 2.75) is 45.7 Å². The number of rotatable bonds is 6. The van der Waals surface area contributed by atoms with Crippen molar-refractivity contribution in [3.63, 3.8) is 0 Å². The van der Waals surface area contributed by atoms with Crippen LogP contribution in [-0.2, 0) is 33.8 Å². The largest absolute Gasteiger partial charge is 0.490 e. The van der Waals surface area contributed by atoms with E-state index in [2.05, 4.69) is 16.3 Å². The van der Waals surface area contributed by atoms with E-state index in [4.69, 9.17) is 29.0 Å². The Bertz CT molecular complexity index is 1050. The lowest BCUT2D eigenvalue weighted by Crippen LogP contribution is -2.21. The predicted octanol–water partition coefficient (Wildman–Crippen LogP) is 3.40. The van der Waals surface area contributed by atoms with E-state index in [1.807, 2.05) is 30.7 Å². The van der Waals surface area contributed by atoms with E-state index in [0.717, 1.165) is 35.7 Å². The number of pyridine rings is 1. The predicted molar refractivity (Wildman–Crippen MR) is 107 cm³/mol. The lowest BCUT2D eigenvalue weighted by Gasteiger charge is -2.21. The molecule has 1 atom stereocenters. The maximum atomic E-state index is 10.6. The molecule has 0 fully saturated rings. The van der Waals surface area contributed by atoms with Gasteiger partial charge in [0.15, 0.2) is 0 Å². The second-order valence-corrected chi connectivity index (χ2v) is 7.32. The molecule has 0 bridgehead atoms. The Hall–Kier alpha value is -3.25. The molecule has 3 aromatic heterocycles. The molecule has 0 aromatic carbocycles. The highest BCUT2D eigenvalue weighted by Crippen LogP contribution is 2.27. The lowest BCUT2D eigenvalue weighted by atomic mass is 10.1. The zero-order valence-electron chi connectivity index (χ0n) is 18.0. The minimum atomic E-state index is -5.08. The van der Waals surface area contributed by atoms with Gasteiger partial charge in [0, 0.05) is 24.2 Å². The van der Waals surface area contributed by atoms with Crippen LogP contribution in [0.3, 0.4) is 0 Å². The van der Waals surface area contributed by atoms with Gasteiger partial charge < -0.3 is 19.1 Å². The van der Waals surface area contributed by atoms with Gasteiger partial charge in [-0.15, -0.1) is 0 Å². The fourth-order valence-electron chi connectivity index (χ4n) is 3.19. The number of aliphatic carboxylic acids is 1. The molecular formula is C21H23F3N4O5. The minimum Gasteiger partial charge on any atom is -0.475 e. The van der Waals surface area contributed by atoms with E-state index in [0.29, 0.717) is 19.8 Å². The number of hydrogen-bond acceptors (Lipinski definition) is 7. The molecule has 0 saturated carbocycles. The van der Waals surface area contributed by atoms with E-state index in [1.54, 1.807) is 12.4 Å². The highest BCUT2D eigenvalue weighted by molar-refractivity contribution is 5.73. The molecule has 1 unspecified atom stereocenters. The van der Waals surface area contributed by atoms with Crippen LogP contribution in [-0.4, -0.2) is 50.4 Å². The Morgan fingerprint density at radius 2 is 2.00 bits per heavy atom. The number of carbonyl (C=O) groups is 1. The van der Waals surface area contributed by atoms with Crippen LogP contribution in [0.25, 0.3) is 0 Å². The standard InChI is InChI=1S/C19H22N4O3.C2HF3O2/c1-13-17(14(2)26-22-13)11-24-12-18-19-16(5-8-25-18)10-23(21-19)9-15-3-6-20-7-4-15;3-2(4,5)1(6)7/h3-4,6-7,10,18H,5,8-9,11-12H2,1-2H3;(H,6,7). The summed E-state index contributed by atoms with van der Waals surface area (Å²) < 4.78 is 50.7. The van der Waals surface area contributed by atoms with Crippen LogP contribution in [0.1, 0.15) is 39.9 Å². The number of nitrogens with zero attached hydrogens (tertiary/aromatic N) is 4. The molecule has 0 saturated heterocycles. The maximum Gasteiger partial charge on any atom is 0.490 e. The van der Waals surface area contributed by atoms with Gasteiger partial charge in [-0.3, -0.25) is 9.67 Å². The fraction of sp³-hybridized carbons (Fsp3) is 0.429. The normalized spacial score (nSPS) is 15.5. The highest BCUT2D eigenvalue weighted by Gasteiger charge is 2.38. The van der Waals surface area contributed by atoms with Crippen molar-refractivity contribution < 1.29 is 37.1 Å². The molecule has 33 heavy (non-hydrogen) atoms. The number of fused-ring (bicyclic) bond motifs is 1. The number of ether oxygens (including phenoxy) is 2. The van der Waals surface area contributed by atoms with E-state index in [1.165, 1.54) is 11.1 Å². The highest BCUT2D eigenvalue weighted by atomic mass is 19.4. The summed E-state index contributed by atoms with van der Waals surface area (Å²) in [5.74, 6) is -1.96. The Balaban J connectivity index is 0.000000383. The second-order valence-electron chi connectivity index (χ2n) is 7.32. The molecule has 1 aliphatic heterocycles. The summed E-state index contributed by atoms with van der Waals surface area (Å²) in [4.78, 5) is 12.9. The third kappa shape index (κ3) is 6.62. The summed E-state index contributed by atoms with van der Waals surface area (Å²) in [6, 6.07) is 4.00. The van der Waals surface area contributed by atoms with Gasteiger partial charge in [-0.1, -0.05) is 5.16 Å². The third-order valence-electron chi connectivity index (χ3n) is 4.90. The van der Waals surface area contributed by atoms with Crippen molar-refractivity contribution in [2.24, 2.45) is 0 Å². The van der Waals surface area contributed by atoms with Crippen molar-refractivity contribution >= 4 is 5.97 Å². The number of alkyl halides is 3. The van der Waals surface area contributed by atoms with E-state index in [-0.39, 0.29) is 6.10 Å². The van der Waals surface area contributed by atoms with Crippen molar-refractivity contribution in [3.8, 4) is 0 Å². The SMILES string of the molecule is Cc1noc(C)c1COCC1OCCc2cn(Cc3ccncc3)nc21.O=C(O)C(F)(F)F. The van der Waals surface area contributed by atoms with Crippen molar-refractivity contribution in [1.29, 1.82) is 0 Å². The Morgan fingerprint density at radius 1 is 1.30 bits per heavy atom. The summed E-state index contributed by atoms with van der Waals surface area (Å²) in [6.45, 7) is 6.16. The van der Waals surface area contributed by atoms with Crippen molar-refractivity contribution in [2.75, 3.05) is 13.2 Å². The number of aromatic nitrogens is 4. The molecule has 0 spiro atoms. The van der Waals surface area contributed by atoms with Crippen molar-refractivity contribution in [3.05, 3.63) is 64.6 Å². The van der Waals surface area contributed by atoms with E-state index in [9.17, 15) is 13.2 Å². The lowest BCUT2D eigenvalue weighted by molar-refractivity contribution is -0.192. The molecule has 4 heterocycles. The average molecular weight is 468 g/mol. The second kappa shape index (κ2) is 10.6. The van der Waals surface area contributed by atoms with E-state index < -0.39 is 12.1 Å². The molecule has 4 rings (SSSR count). The Kier molecular flexibility index (Phi) is 7.82. The quantitative estimate of drug-likeness (QED) is 0.586. The van der Waals surface area contributed by atoms with Gasteiger partial charge in [0.1, 0.15) is 11.9 Å². The van der Waals surface area contributed by atoms with Crippen LogP contribution in [0.2, 0.25) is 0 Å². The first-order valence-electron chi connectivity index (χ1n) is 10.0. The first-order chi connectivity index (χ1) is 15.6. The van der Waals surface area contributed by atoms with Crippen molar-refractivity contribution in [1.82, 2.24) is 19.9 Å². The number of carboxylic acid groups (broad SMARTS) is 1. The Labute approximate surface area is 187 Å². The number of carboxylic acids is 1. The zero-order chi connectivity index (χ0) is 24.0. The topological polar surface area (TPSA) is 113 Å². The van der Waals surface area contributed by atoms with Gasteiger partial charge in [-0.05, 0) is 43.5 Å². The molecule has 1 N–H and O–H groups in total. The molecule has 0 radical (unpaired) electrons. The van der Waals surface area contributed by atoms with Crippen LogP contribution >= 0.6 is 0 Å². The van der Waals surface area contributed by atoms with Gasteiger partial charge in [0.05, 0.1) is 37.8 Å². The van der Waals surface area contributed by atoms with Crippen LogP contribution < -0.4 is 0 Å². The molecular weight excluding hydrogens is 445 g/mol. The fourth-order valence-corrected chi connectivity index (χ4v) is 3.19. The first-order valence-corrected chi connectivity index (χ1v) is 10.0. The van der Waals surface area contributed by atoms with E-state index >= 15 is 0 Å². The molecule has 9 nitrogen and oxygen atoms in total. The number of aryl methyl sites for hydroxylation is 2. The van der Waals surface area contributed by atoms with Crippen LogP contribution in [0.4, 0.5) is 13.2 Å². The summed E-state index contributed by atoms with van der Waals surface area (Å²) in [5.41, 5.74) is 5.26. The van der Waals surface area contributed by atoms with Gasteiger partial charge in [0.25, 0.3) is 0 Å². The summed E-state index contributed by atoms with van der Waals surface area (Å²) >= 11 is 0. The van der Waals surface area contributed by atoms with Crippen LogP contribution in [0, 0.1) is 13.8 Å². The monoisotopic (exact) mass is 468 g/mol. The smallest absolute Gasteiger partial charge is 0.475 e. The third-order valence-corrected chi connectivity index (χ3v) is 4.90. The molecule has 12 heteroatoms. The molecule has 0 aliphatic carbocycles. The minimum absolute atomic E-state index is 0.141. The summed E-state index contributed by atoms with van der Waals surface area (Å²) in [7, 11) is 0. The van der Waals surface area contributed by atoms with Crippen LogP contribution in [0.15, 0.2) is 35.2 Å². The Morgan fingerprint density at radius 3 is 2.61 bits per heavy atom. The average Bonchev–Trinajstić information content (AvgIpc) is 3.32. The van der Waals surface area contributed by atoms with Crippen LogP contribution in [0.5, 0.6) is 0 Å². The number of hydrogen-bond donors (Lipinski definition) is 1. The van der Waals surface area contributed by atoms with Gasteiger partial charge >= 0.3 is 12.1 Å². The zero-order valence-corrected chi connectivity index (χ0v) is 18.0. The first kappa shape index (κ1) is 24.4. The molecule has 3 aromatic rings.